The van der Waals surface area contributed by atoms with Crippen LogP contribution in [-0.4, -0.2) is 51.7 Å². The summed E-state index contributed by atoms with van der Waals surface area (Å²) in [4.78, 5) is 38.2. The molecule has 1 saturated heterocycles. The third-order valence-corrected chi connectivity index (χ3v) is 6.53. The van der Waals surface area contributed by atoms with E-state index in [0.717, 1.165) is 11.1 Å². The highest BCUT2D eigenvalue weighted by Crippen LogP contribution is 2.41. The van der Waals surface area contributed by atoms with Gasteiger partial charge in [0, 0.05) is 12.6 Å². The first-order valence-corrected chi connectivity index (χ1v) is 11.6. The molecule has 0 aliphatic carbocycles. The Balaban J connectivity index is 1.84. The monoisotopic (exact) mass is 483 g/mol. The average Bonchev–Trinajstić information content (AvgIpc) is 3.12. The molecule has 2 unspecified atom stereocenters. The summed E-state index contributed by atoms with van der Waals surface area (Å²) in [6, 6.07) is 12.1. The van der Waals surface area contributed by atoms with Crippen LogP contribution in [0.2, 0.25) is 0 Å². The lowest BCUT2D eigenvalue weighted by Crippen LogP contribution is -2.49. The zero-order chi connectivity index (χ0) is 25.8. The average molecular weight is 484 g/mol. The maximum absolute atomic E-state index is 13.6. The van der Waals surface area contributed by atoms with Crippen molar-refractivity contribution in [3.8, 4) is 5.75 Å². The zero-order valence-corrected chi connectivity index (χ0v) is 20.5. The molecule has 35 heavy (non-hydrogen) atoms. The third kappa shape index (κ3) is 5.92. The van der Waals surface area contributed by atoms with Crippen molar-refractivity contribution >= 4 is 17.9 Å². The van der Waals surface area contributed by atoms with Crippen molar-refractivity contribution in [2.24, 2.45) is 0 Å². The number of carboxylic acid groups (broad SMARTS) is 1. The number of benzene rings is 2. The first kappa shape index (κ1) is 26.0. The number of rotatable bonds is 9. The summed E-state index contributed by atoms with van der Waals surface area (Å²) in [6.45, 7) is 8.04. The Hall–Kier alpha value is -3.59. The summed E-state index contributed by atoms with van der Waals surface area (Å²) < 4.78 is 5.95. The number of carbonyl (C=O) groups excluding carboxylic acids is 2. The van der Waals surface area contributed by atoms with Crippen LogP contribution in [0, 0.1) is 13.8 Å². The van der Waals surface area contributed by atoms with Gasteiger partial charge in [0.15, 0.2) is 0 Å². The van der Waals surface area contributed by atoms with E-state index in [4.69, 9.17) is 15.1 Å². The van der Waals surface area contributed by atoms with E-state index in [1.54, 1.807) is 31.5 Å². The van der Waals surface area contributed by atoms with Gasteiger partial charge >= 0.3 is 6.09 Å². The normalized spacial score (nSPS) is 19.2. The molecule has 188 valence electrons. The van der Waals surface area contributed by atoms with E-state index in [-0.39, 0.29) is 12.3 Å². The number of carbonyl (C=O) groups is 3. The molecule has 0 saturated carbocycles. The summed E-state index contributed by atoms with van der Waals surface area (Å²) in [7, 11) is 0. The second-order valence-electron chi connectivity index (χ2n) is 9.35. The van der Waals surface area contributed by atoms with E-state index in [1.165, 1.54) is 16.0 Å². The molecule has 3 atom stereocenters. The molecule has 9 nitrogen and oxygen atoms in total. The van der Waals surface area contributed by atoms with E-state index in [9.17, 15) is 14.4 Å². The van der Waals surface area contributed by atoms with Crippen molar-refractivity contribution in [2.75, 3.05) is 6.54 Å². The molecule has 2 aromatic carbocycles. The SMILES string of the molecule is Cc1cc(C)cc(COc2ccc(C3(C[C@@H](C)NC(=O)O)CCN(C(C)C(=O)NO)C3=O)cc2)c1. The van der Waals surface area contributed by atoms with E-state index < -0.39 is 29.5 Å². The summed E-state index contributed by atoms with van der Waals surface area (Å²) in [6.07, 6.45) is -0.535. The van der Waals surface area contributed by atoms with Gasteiger partial charge in [0.25, 0.3) is 5.91 Å². The van der Waals surface area contributed by atoms with Gasteiger partial charge in [0.05, 0.1) is 5.41 Å². The van der Waals surface area contributed by atoms with Crippen LogP contribution >= 0.6 is 0 Å². The van der Waals surface area contributed by atoms with Gasteiger partial charge in [-0.3, -0.25) is 14.8 Å². The van der Waals surface area contributed by atoms with Gasteiger partial charge in [0.1, 0.15) is 18.4 Å². The predicted octanol–water partition coefficient (Wildman–Crippen LogP) is 3.29. The number of hydrogen-bond donors (Lipinski definition) is 4. The Morgan fingerprint density at radius 3 is 2.31 bits per heavy atom. The van der Waals surface area contributed by atoms with Crippen LogP contribution in [0.5, 0.6) is 5.75 Å². The van der Waals surface area contributed by atoms with Crippen LogP contribution in [0.15, 0.2) is 42.5 Å². The van der Waals surface area contributed by atoms with Gasteiger partial charge in [-0.05, 0) is 63.8 Å². The Morgan fingerprint density at radius 1 is 1.11 bits per heavy atom. The molecule has 0 bridgehead atoms. The van der Waals surface area contributed by atoms with E-state index in [0.29, 0.717) is 25.3 Å². The lowest BCUT2D eigenvalue weighted by atomic mass is 9.74. The zero-order valence-electron chi connectivity index (χ0n) is 20.5. The number of hydrogen-bond acceptors (Lipinski definition) is 5. The number of aryl methyl sites for hydroxylation is 2. The second-order valence-corrected chi connectivity index (χ2v) is 9.35. The van der Waals surface area contributed by atoms with Gasteiger partial charge in [-0.25, -0.2) is 10.3 Å². The number of hydroxylamine groups is 1. The fraction of sp³-hybridized carbons (Fsp3) is 0.423. The summed E-state index contributed by atoms with van der Waals surface area (Å²) in [5, 5.41) is 20.6. The fourth-order valence-electron chi connectivity index (χ4n) is 4.95. The highest BCUT2D eigenvalue weighted by Gasteiger charge is 2.50. The van der Waals surface area contributed by atoms with Crippen LogP contribution in [0.25, 0.3) is 0 Å². The molecule has 1 heterocycles. The molecule has 0 spiro atoms. The van der Waals surface area contributed by atoms with Crippen molar-refractivity contribution in [1.82, 2.24) is 15.7 Å². The lowest BCUT2D eigenvalue weighted by Gasteiger charge is -2.32. The van der Waals surface area contributed by atoms with E-state index in [2.05, 4.69) is 23.5 Å². The van der Waals surface area contributed by atoms with Gasteiger partial charge in [-0.15, -0.1) is 0 Å². The summed E-state index contributed by atoms with van der Waals surface area (Å²) in [5.41, 5.74) is 4.70. The van der Waals surface area contributed by atoms with Crippen LogP contribution in [0.4, 0.5) is 4.79 Å². The molecule has 2 aromatic rings. The Kier molecular flexibility index (Phi) is 8.01. The summed E-state index contributed by atoms with van der Waals surface area (Å²) >= 11 is 0. The number of likely N-dealkylation sites (tertiary alicyclic amines) is 1. The molecule has 3 amide bonds. The third-order valence-electron chi connectivity index (χ3n) is 6.53. The number of ether oxygens (including phenoxy) is 1. The largest absolute Gasteiger partial charge is 0.489 e. The first-order chi connectivity index (χ1) is 16.6. The Morgan fingerprint density at radius 2 is 1.74 bits per heavy atom. The molecule has 1 aliphatic heterocycles. The van der Waals surface area contributed by atoms with Crippen molar-refractivity contribution < 1.29 is 29.4 Å². The maximum Gasteiger partial charge on any atom is 0.404 e. The maximum atomic E-state index is 13.6. The van der Waals surface area contributed by atoms with Crippen LogP contribution in [0.1, 0.15) is 48.9 Å². The highest BCUT2D eigenvalue weighted by molar-refractivity contribution is 5.94. The minimum absolute atomic E-state index is 0.227. The van der Waals surface area contributed by atoms with Crippen molar-refractivity contribution in [3.63, 3.8) is 0 Å². The van der Waals surface area contributed by atoms with E-state index >= 15 is 0 Å². The molecule has 9 heteroatoms. The Labute approximate surface area is 205 Å². The van der Waals surface area contributed by atoms with Crippen LogP contribution in [-0.2, 0) is 21.6 Å². The van der Waals surface area contributed by atoms with Gasteiger partial charge in [-0.1, -0.05) is 41.5 Å². The molecule has 4 N–H and O–H groups in total. The minimum atomic E-state index is -1.17. The first-order valence-electron chi connectivity index (χ1n) is 11.6. The minimum Gasteiger partial charge on any atom is -0.489 e. The molecular weight excluding hydrogens is 450 g/mol. The molecule has 0 radical (unpaired) electrons. The van der Waals surface area contributed by atoms with Crippen LogP contribution in [0.3, 0.4) is 0 Å². The molecule has 3 rings (SSSR count). The predicted molar refractivity (Wildman–Crippen MR) is 129 cm³/mol. The number of amides is 3. The second kappa shape index (κ2) is 10.8. The van der Waals surface area contributed by atoms with Crippen molar-refractivity contribution in [1.29, 1.82) is 0 Å². The number of nitrogens with zero attached hydrogens (tertiary/aromatic N) is 1. The summed E-state index contributed by atoms with van der Waals surface area (Å²) in [5.74, 6) is -0.312. The molecule has 1 fully saturated rings. The Bertz CT molecular complexity index is 1070. The van der Waals surface area contributed by atoms with Gasteiger partial charge in [-0.2, -0.15) is 0 Å². The van der Waals surface area contributed by atoms with Gasteiger partial charge < -0.3 is 20.1 Å². The van der Waals surface area contributed by atoms with Crippen LogP contribution < -0.4 is 15.5 Å². The standard InChI is InChI=1S/C26H33N3O6/c1-16-11-17(2)13-20(12-16)15-35-22-7-5-21(6-8-22)26(14-18(3)27-25(32)33)9-10-29(24(26)31)19(4)23(30)28-34/h5-8,11-13,18-19,27,34H,9-10,14-15H2,1-4H3,(H,28,30)(H,32,33)/t18-,19?,26?/m1/s1. The number of nitrogens with one attached hydrogen (secondary N) is 2. The van der Waals surface area contributed by atoms with Gasteiger partial charge in [0.2, 0.25) is 5.91 Å². The fourth-order valence-corrected chi connectivity index (χ4v) is 4.95. The molecular formula is C26H33N3O6. The molecule has 1 aliphatic rings. The quantitative estimate of drug-likeness (QED) is 0.320. The topological polar surface area (TPSA) is 128 Å². The molecule has 0 aromatic heterocycles. The smallest absolute Gasteiger partial charge is 0.404 e. The lowest BCUT2D eigenvalue weighted by molar-refractivity contribution is -0.143. The highest BCUT2D eigenvalue weighted by atomic mass is 16.5. The van der Waals surface area contributed by atoms with Crippen molar-refractivity contribution in [3.05, 3.63) is 64.7 Å². The van der Waals surface area contributed by atoms with E-state index in [1.807, 2.05) is 26.0 Å². The van der Waals surface area contributed by atoms with Crippen molar-refractivity contribution in [2.45, 2.75) is 64.6 Å².